The van der Waals surface area contributed by atoms with Crippen LogP contribution in [-0.4, -0.2) is 45.0 Å². The predicted octanol–water partition coefficient (Wildman–Crippen LogP) is 2.76. The first-order valence-corrected chi connectivity index (χ1v) is 8.26. The van der Waals surface area contributed by atoms with Crippen molar-refractivity contribution in [3.05, 3.63) is 42.1 Å². The molecule has 1 fully saturated rings. The highest BCUT2D eigenvalue weighted by atomic mass is 127. The number of halogens is 1. The van der Waals surface area contributed by atoms with E-state index >= 15 is 0 Å². The summed E-state index contributed by atoms with van der Waals surface area (Å²) in [6, 6.07) is 4.10. The topological polar surface area (TPSA) is 58.3 Å². The zero-order valence-electron chi connectivity index (χ0n) is 14.3. The van der Waals surface area contributed by atoms with Gasteiger partial charge in [-0.2, -0.15) is 0 Å². The molecular formula is C17H25IN6. The molecule has 24 heavy (non-hydrogen) atoms. The van der Waals surface area contributed by atoms with Crippen LogP contribution in [0.5, 0.6) is 0 Å². The zero-order chi connectivity index (χ0) is 16.1. The van der Waals surface area contributed by atoms with E-state index in [2.05, 4.69) is 33.2 Å². The number of hydrogen-bond acceptors (Lipinski definition) is 3. The lowest BCUT2D eigenvalue weighted by molar-refractivity contribution is 0.493. The minimum absolute atomic E-state index is 0. The first kappa shape index (κ1) is 18.7. The van der Waals surface area contributed by atoms with Crippen LogP contribution in [0.4, 0.5) is 0 Å². The number of nitrogens with one attached hydrogen (secondary N) is 1. The van der Waals surface area contributed by atoms with E-state index in [9.17, 15) is 0 Å². The summed E-state index contributed by atoms with van der Waals surface area (Å²) in [4.78, 5) is 15.8. The maximum atomic E-state index is 4.75. The number of aliphatic imine (C=N–C) groups is 1. The summed E-state index contributed by atoms with van der Waals surface area (Å²) in [6.45, 7) is 7.82. The van der Waals surface area contributed by atoms with Crippen molar-refractivity contribution in [2.45, 2.75) is 33.2 Å². The molecule has 0 bridgehead atoms. The van der Waals surface area contributed by atoms with Crippen LogP contribution in [-0.2, 0) is 6.54 Å². The highest BCUT2D eigenvalue weighted by Crippen LogP contribution is 2.11. The summed E-state index contributed by atoms with van der Waals surface area (Å²) in [5.41, 5.74) is 1.11. The first-order chi connectivity index (χ1) is 11.3. The maximum Gasteiger partial charge on any atom is 0.194 e. The number of nitrogens with zero attached hydrogens (tertiary/aromatic N) is 5. The van der Waals surface area contributed by atoms with Gasteiger partial charge >= 0.3 is 0 Å². The van der Waals surface area contributed by atoms with Crippen LogP contribution in [0.3, 0.4) is 0 Å². The van der Waals surface area contributed by atoms with Crippen LogP contribution in [0.1, 0.15) is 31.2 Å². The van der Waals surface area contributed by atoms with Crippen molar-refractivity contribution in [2.75, 3.05) is 19.6 Å². The monoisotopic (exact) mass is 440 g/mol. The van der Waals surface area contributed by atoms with Gasteiger partial charge in [-0.05, 0) is 38.3 Å². The third kappa shape index (κ3) is 4.46. The Morgan fingerprint density at radius 2 is 2.04 bits per heavy atom. The van der Waals surface area contributed by atoms with Gasteiger partial charge in [0.05, 0.1) is 6.54 Å². The smallest absolute Gasteiger partial charge is 0.194 e. The van der Waals surface area contributed by atoms with Crippen LogP contribution < -0.4 is 5.32 Å². The number of pyridine rings is 1. The third-order valence-electron chi connectivity index (χ3n) is 4.03. The maximum absolute atomic E-state index is 4.75. The van der Waals surface area contributed by atoms with Gasteiger partial charge in [0, 0.05) is 38.2 Å². The highest BCUT2D eigenvalue weighted by molar-refractivity contribution is 14.0. The zero-order valence-corrected chi connectivity index (χ0v) is 16.6. The average Bonchev–Trinajstić information content (AvgIpc) is 3.23. The number of aryl methyl sites for hydroxylation is 1. The number of guanidine groups is 1. The molecule has 0 atom stereocenters. The minimum atomic E-state index is 0. The quantitative estimate of drug-likeness (QED) is 0.452. The fourth-order valence-electron chi connectivity index (χ4n) is 2.79. The van der Waals surface area contributed by atoms with Gasteiger partial charge in [-0.15, -0.1) is 24.0 Å². The van der Waals surface area contributed by atoms with E-state index in [1.807, 2.05) is 30.0 Å². The summed E-state index contributed by atoms with van der Waals surface area (Å²) >= 11 is 0. The lowest BCUT2D eigenvalue weighted by Crippen LogP contribution is -2.39. The molecule has 0 radical (unpaired) electrons. The molecule has 0 aromatic carbocycles. The van der Waals surface area contributed by atoms with Crippen molar-refractivity contribution in [1.82, 2.24) is 24.8 Å². The van der Waals surface area contributed by atoms with Crippen LogP contribution in [0.2, 0.25) is 0 Å². The molecule has 2 aromatic heterocycles. The Bertz CT molecular complexity index is 658. The summed E-state index contributed by atoms with van der Waals surface area (Å²) in [5.74, 6) is 2.84. The van der Waals surface area contributed by atoms with Gasteiger partial charge in [-0.3, -0.25) is 4.57 Å². The summed E-state index contributed by atoms with van der Waals surface area (Å²) in [5, 5.41) is 3.38. The van der Waals surface area contributed by atoms with E-state index in [1.165, 1.54) is 12.8 Å². The summed E-state index contributed by atoms with van der Waals surface area (Å²) in [7, 11) is 0. The van der Waals surface area contributed by atoms with E-state index in [1.54, 1.807) is 6.20 Å². The van der Waals surface area contributed by atoms with Crippen molar-refractivity contribution < 1.29 is 0 Å². The van der Waals surface area contributed by atoms with Crippen molar-refractivity contribution in [1.29, 1.82) is 0 Å². The Kier molecular flexibility index (Phi) is 7.01. The second-order valence-electron chi connectivity index (χ2n) is 5.73. The Labute approximate surface area is 160 Å². The van der Waals surface area contributed by atoms with E-state index in [0.29, 0.717) is 6.54 Å². The number of likely N-dealkylation sites (tertiary alicyclic amines) is 1. The first-order valence-electron chi connectivity index (χ1n) is 8.26. The molecule has 130 valence electrons. The standard InChI is InChI=1S/C17H24N6.HI/c1-3-18-17(22-9-4-5-10-22)21-13-15-6-7-16(20-12-15)23-11-8-19-14(23)2;/h6-8,11-12H,3-5,9-10,13H2,1-2H3,(H,18,21);1H. The lowest BCUT2D eigenvalue weighted by Gasteiger charge is -2.20. The summed E-state index contributed by atoms with van der Waals surface area (Å²) < 4.78 is 1.97. The van der Waals surface area contributed by atoms with Crippen LogP contribution >= 0.6 is 24.0 Å². The Morgan fingerprint density at radius 3 is 2.62 bits per heavy atom. The lowest BCUT2D eigenvalue weighted by atomic mass is 10.3. The van der Waals surface area contributed by atoms with E-state index in [-0.39, 0.29) is 24.0 Å². The molecule has 6 nitrogen and oxygen atoms in total. The van der Waals surface area contributed by atoms with Gasteiger partial charge in [-0.1, -0.05) is 6.07 Å². The van der Waals surface area contributed by atoms with E-state index in [0.717, 1.165) is 42.8 Å². The highest BCUT2D eigenvalue weighted by Gasteiger charge is 2.15. The number of rotatable bonds is 4. The number of imidazole rings is 1. The Balaban J connectivity index is 0.00000208. The van der Waals surface area contributed by atoms with Gasteiger partial charge in [0.1, 0.15) is 11.6 Å². The number of aromatic nitrogens is 3. The normalized spacial score (nSPS) is 14.6. The van der Waals surface area contributed by atoms with Crippen LogP contribution in [0.15, 0.2) is 35.7 Å². The van der Waals surface area contributed by atoms with Gasteiger partial charge in [-0.25, -0.2) is 15.0 Å². The van der Waals surface area contributed by atoms with Crippen molar-refractivity contribution in [2.24, 2.45) is 4.99 Å². The molecule has 3 heterocycles. The molecule has 1 aliphatic heterocycles. The van der Waals surface area contributed by atoms with E-state index in [4.69, 9.17) is 4.99 Å². The minimum Gasteiger partial charge on any atom is -0.357 e. The molecule has 0 aliphatic carbocycles. The third-order valence-corrected chi connectivity index (χ3v) is 4.03. The average molecular weight is 440 g/mol. The van der Waals surface area contributed by atoms with Crippen LogP contribution in [0.25, 0.3) is 5.82 Å². The number of hydrogen-bond donors (Lipinski definition) is 1. The van der Waals surface area contributed by atoms with Crippen LogP contribution in [0, 0.1) is 6.92 Å². The predicted molar refractivity (Wildman–Crippen MR) is 107 cm³/mol. The molecule has 0 saturated carbocycles. The second kappa shape index (κ2) is 9.00. The molecule has 0 spiro atoms. The van der Waals surface area contributed by atoms with Gasteiger partial charge < -0.3 is 10.2 Å². The molecule has 2 aromatic rings. The van der Waals surface area contributed by atoms with Gasteiger partial charge in [0.25, 0.3) is 0 Å². The molecule has 1 N–H and O–H groups in total. The molecular weight excluding hydrogens is 415 g/mol. The molecule has 1 saturated heterocycles. The molecule has 7 heteroatoms. The summed E-state index contributed by atoms with van der Waals surface area (Å²) in [6.07, 6.45) is 8.11. The fourth-order valence-corrected chi connectivity index (χ4v) is 2.79. The Hall–Kier alpha value is -1.64. The van der Waals surface area contributed by atoms with Crippen molar-refractivity contribution in [3.8, 4) is 5.82 Å². The molecule has 3 rings (SSSR count). The fraction of sp³-hybridized carbons (Fsp3) is 0.471. The van der Waals surface area contributed by atoms with Crippen molar-refractivity contribution >= 4 is 29.9 Å². The largest absolute Gasteiger partial charge is 0.357 e. The SMILES string of the molecule is CCNC(=NCc1ccc(-n2ccnc2C)nc1)N1CCCC1.I. The second-order valence-corrected chi connectivity index (χ2v) is 5.73. The van der Waals surface area contributed by atoms with E-state index < -0.39 is 0 Å². The van der Waals surface area contributed by atoms with Gasteiger partial charge in [0.2, 0.25) is 0 Å². The van der Waals surface area contributed by atoms with Gasteiger partial charge in [0.15, 0.2) is 5.96 Å². The van der Waals surface area contributed by atoms with Crippen molar-refractivity contribution in [3.63, 3.8) is 0 Å². The molecule has 1 aliphatic rings. The Morgan fingerprint density at radius 1 is 1.25 bits per heavy atom. The molecule has 0 unspecified atom stereocenters. The molecule has 0 amide bonds.